The number of rotatable bonds is 6. The van der Waals surface area contributed by atoms with Gasteiger partial charge in [-0.3, -0.25) is 9.59 Å². The van der Waals surface area contributed by atoms with Gasteiger partial charge in [0.1, 0.15) is 12.4 Å². The van der Waals surface area contributed by atoms with Crippen LogP contribution >= 0.6 is 39.1 Å². The zero-order valence-electron chi connectivity index (χ0n) is 15.5. The van der Waals surface area contributed by atoms with Crippen molar-refractivity contribution in [2.45, 2.75) is 25.8 Å². The number of esters is 1. The summed E-state index contributed by atoms with van der Waals surface area (Å²) >= 11 is 14.6. The van der Waals surface area contributed by atoms with Crippen LogP contribution in [0.1, 0.15) is 20.8 Å². The molecular formula is C20H19BrCl2O5. The molecule has 1 aliphatic rings. The molecule has 8 heteroatoms. The van der Waals surface area contributed by atoms with E-state index in [0.29, 0.717) is 10.8 Å². The number of hydrogen-bond donors (Lipinski definition) is 0. The third-order valence-electron chi connectivity index (χ3n) is 3.65. The molecule has 1 unspecified atom stereocenters. The molecule has 3 rings (SSSR count). The average Bonchev–Trinajstić information content (AvgIpc) is 3.40. The van der Waals surface area contributed by atoms with Crippen LogP contribution in [0, 0.1) is 5.41 Å². The van der Waals surface area contributed by atoms with Gasteiger partial charge >= 0.3 is 5.97 Å². The molecular weight excluding hydrogens is 471 g/mol. The van der Waals surface area contributed by atoms with Crippen molar-refractivity contribution in [2.75, 3.05) is 6.61 Å². The highest BCUT2D eigenvalue weighted by Crippen LogP contribution is 2.45. The van der Waals surface area contributed by atoms with E-state index in [1.165, 1.54) is 6.92 Å². The maximum Gasteiger partial charge on any atom is 0.302 e. The van der Waals surface area contributed by atoms with Crippen molar-refractivity contribution in [2.24, 2.45) is 5.41 Å². The highest BCUT2D eigenvalue weighted by atomic mass is 79.9. The van der Waals surface area contributed by atoms with E-state index in [1.54, 1.807) is 44.2 Å². The molecule has 0 fully saturated rings. The van der Waals surface area contributed by atoms with Crippen molar-refractivity contribution in [3.8, 4) is 17.2 Å². The van der Waals surface area contributed by atoms with Crippen LogP contribution in [0.2, 0.25) is 10.0 Å². The van der Waals surface area contributed by atoms with Crippen molar-refractivity contribution >= 4 is 50.9 Å². The first-order valence-electron chi connectivity index (χ1n) is 8.30. The Hall–Kier alpha value is -1.76. The maximum absolute atomic E-state index is 12.3. The van der Waals surface area contributed by atoms with E-state index in [2.05, 4.69) is 15.9 Å². The van der Waals surface area contributed by atoms with Crippen molar-refractivity contribution < 1.29 is 23.8 Å². The van der Waals surface area contributed by atoms with E-state index >= 15 is 0 Å². The van der Waals surface area contributed by atoms with Crippen LogP contribution in [0.3, 0.4) is 0 Å². The SMILES string of the molecule is CC(=O)OCC(C)(C)C(=O)C(Br)Oc1ccc(Cl)cc1.Clc1ccc2c(c1)O2. The lowest BCUT2D eigenvalue weighted by molar-refractivity contribution is -0.147. The fraction of sp³-hybridized carbons (Fsp3) is 0.300. The largest absolute Gasteiger partial charge is 0.471 e. The molecule has 0 saturated heterocycles. The smallest absolute Gasteiger partial charge is 0.302 e. The van der Waals surface area contributed by atoms with Crippen molar-refractivity contribution in [3.63, 3.8) is 0 Å². The predicted molar refractivity (Wildman–Crippen MR) is 112 cm³/mol. The molecule has 0 amide bonds. The molecule has 1 aliphatic heterocycles. The molecule has 1 atom stereocenters. The Morgan fingerprint density at radius 2 is 1.68 bits per heavy atom. The van der Waals surface area contributed by atoms with Crippen LogP contribution in [-0.2, 0) is 14.3 Å². The van der Waals surface area contributed by atoms with Crippen LogP contribution in [0.15, 0.2) is 42.5 Å². The highest BCUT2D eigenvalue weighted by molar-refractivity contribution is 9.09. The molecule has 0 aliphatic carbocycles. The maximum atomic E-state index is 12.3. The fourth-order valence-electron chi connectivity index (χ4n) is 1.98. The number of hydrogen-bond acceptors (Lipinski definition) is 5. The molecule has 0 saturated carbocycles. The topological polar surface area (TPSA) is 65.1 Å². The van der Waals surface area contributed by atoms with E-state index in [0.717, 1.165) is 16.5 Å². The molecule has 0 N–H and O–H groups in total. The van der Waals surface area contributed by atoms with E-state index in [9.17, 15) is 9.59 Å². The monoisotopic (exact) mass is 488 g/mol. The van der Waals surface area contributed by atoms with Crippen LogP contribution in [0.25, 0.3) is 0 Å². The number of ketones is 1. The molecule has 28 heavy (non-hydrogen) atoms. The summed E-state index contributed by atoms with van der Waals surface area (Å²) < 4.78 is 15.3. The van der Waals surface area contributed by atoms with Gasteiger partial charge in [0.15, 0.2) is 17.3 Å². The Morgan fingerprint density at radius 3 is 2.21 bits per heavy atom. The van der Waals surface area contributed by atoms with Gasteiger partial charge in [0.25, 0.3) is 0 Å². The molecule has 2 aromatic rings. The van der Waals surface area contributed by atoms with Gasteiger partial charge in [-0.05, 0) is 66.2 Å². The van der Waals surface area contributed by atoms with Crippen LogP contribution in [-0.4, -0.2) is 23.4 Å². The number of carbonyl (C=O) groups excluding carboxylic acids is 2. The third kappa shape index (κ3) is 7.00. The quantitative estimate of drug-likeness (QED) is 0.240. The summed E-state index contributed by atoms with van der Waals surface area (Å²) in [7, 11) is 0. The van der Waals surface area contributed by atoms with Gasteiger partial charge in [-0.15, -0.1) is 0 Å². The summed E-state index contributed by atoms with van der Waals surface area (Å²) in [5.74, 6) is 1.75. The zero-order valence-corrected chi connectivity index (χ0v) is 18.6. The second-order valence-electron chi connectivity index (χ2n) is 6.61. The first-order valence-corrected chi connectivity index (χ1v) is 9.97. The first-order chi connectivity index (χ1) is 13.1. The van der Waals surface area contributed by atoms with Crippen LogP contribution < -0.4 is 9.47 Å². The zero-order chi connectivity index (χ0) is 20.9. The predicted octanol–water partition coefficient (Wildman–Crippen LogP) is 6.04. The molecule has 5 nitrogen and oxygen atoms in total. The molecule has 0 aromatic heterocycles. The van der Waals surface area contributed by atoms with E-state index in [4.69, 9.17) is 37.4 Å². The Kier molecular flexibility index (Phi) is 7.75. The molecule has 0 radical (unpaired) electrons. The van der Waals surface area contributed by atoms with Gasteiger partial charge in [0.2, 0.25) is 5.01 Å². The number of benzene rings is 2. The minimum atomic E-state index is -0.841. The molecule has 2 aromatic carbocycles. The number of halogens is 3. The molecule has 0 spiro atoms. The molecule has 0 bridgehead atoms. The van der Waals surface area contributed by atoms with Gasteiger partial charge in [0, 0.05) is 23.0 Å². The van der Waals surface area contributed by atoms with Crippen molar-refractivity contribution in [3.05, 3.63) is 52.5 Å². The van der Waals surface area contributed by atoms with Crippen LogP contribution in [0.4, 0.5) is 0 Å². The minimum Gasteiger partial charge on any atom is -0.471 e. The highest BCUT2D eigenvalue weighted by Gasteiger charge is 2.35. The second kappa shape index (κ2) is 9.63. The second-order valence-corrected chi connectivity index (χ2v) is 8.31. The summed E-state index contributed by atoms with van der Waals surface area (Å²) in [6.07, 6.45) is 0. The van der Waals surface area contributed by atoms with Crippen molar-refractivity contribution in [1.29, 1.82) is 0 Å². The normalized spacial score (nSPS) is 12.5. The van der Waals surface area contributed by atoms with Gasteiger partial charge in [-0.25, -0.2) is 0 Å². The summed E-state index contributed by atoms with van der Waals surface area (Å²) in [6.45, 7) is 4.69. The van der Waals surface area contributed by atoms with Crippen LogP contribution in [0.5, 0.6) is 17.2 Å². The lowest BCUT2D eigenvalue weighted by Crippen LogP contribution is -2.38. The lowest BCUT2D eigenvalue weighted by atomic mass is 9.89. The molecule has 150 valence electrons. The number of fused-ring (bicyclic) bond motifs is 1. The number of alkyl halides is 1. The summed E-state index contributed by atoms with van der Waals surface area (Å²) in [4.78, 5) is 23.1. The number of carbonyl (C=O) groups is 2. The van der Waals surface area contributed by atoms with Gasteiger partial charge in [-0.1, -0.05) is 23.2 Å². The fourth-order valence-corrected chi connectivity index (χ4v) is 3.11. The van der Waals surface area contributed by atoms with Gasteiger partial charge in [0.05, 0.1) is 5.41 Å². The molecule has 1 heterocycles. The van der Waals surface area contributed by atoms with E-state index in [1.807, 2.05) is 12.1 Å². The first kappa shape index (κ1) is 22.5. The van der Waals surface area contributed by atoms with E-state index < -0.39 is 16.4 Å². The number of ether oxygens (including phenoxy) is 3. The van der Waals surface area contributed by atoms with E-state index in [-0.39, 0.29) is 12.4 Å². The third-order valence-corrected chi connectivity index (χ3v) is 4.74. The van der Waals surface area contributed by atoms with Gasteiger partial charge in [-0.2, -0.15) is 0 Å². The Morgan fingerprint density at radius 1 is 1.07 bits per heavy atom. The standard InChI is InChI=1S/C14H16BrClO4.C6H3ClO/c1-9(17)19-8-14(2,3)12(18)13(15)20-11-6-4-10(16)5-7-11;7-4-1-2-5-6(3-4)8-5/h4-7,13H,8H2,1-3H3;1-3H. The lowest BCUT2D eigenvalue weighted by Gasteiger charge is -2.25. The van der Waals surface area contributed by atoms with Crippen molar-refractivity contribution in [1.82, 2.24) is 0 Å². The number of Topliss-reactive ketones (excluding diaryl/α,β-unsaturated/α-hetero) is 1. The summed E-state index contributed by atoms with van der Waals surface area (Å²) in [6, 6.07) is 12.2. The minimum absolute atomic E-state index is 0.00719. The van der Waals surface area contributed by atoms with Gasteiger partial charge < -0.3 is 14.2 Å². The average molecular weight is 490 g/mol. The Bertz CT molecular complexity index is 851. The Balaban J connectivity index is 0.000000285. The summed E-state index contributed by atoms with van der Waals surface area (Å²) in [5, 5.41) is 0.500. The summed E-state index contributed by atoms with van der Waals surface area (Å²) in [5.41, 5.74) is -0.841. The Labute approximate surface area is 182 Å².